The number of aromatic nitrogens is 1. The fraction of sp³-hybridized carbons (Fsp3) is 0.350. The van der Waals surface area contributed by atoms with Gasteiger partial charge < -0.3 is 20.4 Å². The van der Waals surface area contributed by atoms with Crippen molar-refractivity contribution in [2.75, 3.05) is 54.2 Å². The first-order valence-electron chi connectivity index (χ1n) is 9.58. The molecule has 0 atom stereocenters. The molecule has 1 aliphatic rings. The highest BCUT2D eigenvalue weighted by Crippen LogP contribution is 2.34. The van der Waals surface area contributed by atoms with E-state index in [-0.39, 0.29) is 16.8 Å². The average molecular weight is 490 g/mol. The maximum absolute atomic E-state index is 12.8. The minimum atomic E-state index is -4.51. The van der Waals surface area contributed by atoms with E-state index in [0.29, 0.717) is 43.2 Å². The number of pyridine rings is 1. The molecule has 1 aromatic heterocycles. The van der Waals surface area contributed by atoms with Crippen molar-refractivity contribution in [1.29, 1.82) is 0 Å². The number of nitrogens with zero attached hydrogens (tertiary/aromatic N) is 3. The molecule has 1 aromatic carbocycles. The quantitative estimate of drug-likeness (QED) is 0.627. The monoisotopic (exact) mass is 489 g/mol. The van der Waals surface area contributed by atoms with Gasteiger partial charge in [0.05, 0.1) is 21.8 Å². The van der Waals surface area contributed by atoms with Crippen LogP contribution >= 0.6 is 23.2 Å². The fourth-order valence-electron chi connectivity index (χ4n) is 3.34. The molecule has 2 N–H and O–H groups in total. The number of hydrogen-bond donors (Lipinski definition) is 2. The van der Waals surface area contributed by atoms with Crippen LogP contribution < -0.4 is 20.4 Å². The molecule has 0 unspecified atom stereocenters. The first kappa shape index (κ1) is 23.9. The summed E-state index contributed by atoms with van der Waals surface area (Å²) in [5.41, 5.74) is 0.503. The molecule has 7 nitrogen and oxygen atoms in total. The van der Waals surface area contributed by atoms with E-state index in [4.69, 9.17) is 23.2 Å². The summed E-state index contributed by atoms with van der Waals surface area (Å²) in [7, 11) is 1.49. The van der Waals surface area contributed by atoms with Crippen molar-refractivity contribution in [2.24, 2.45) is 0 Å². The maximum Gasteiger partial charge on any atom is 0.417 e. The molecule has 172 valence electrons. The summed E-state index contributed by atoms with van der Waals surface area (Å²) >= 11 is 11.6. The van der Waals surface area contributed by atoms with Gasteiger partial charge in [-0.15, -0.1) is 11.6 Å². The zero-order chi connectivity index (χ0) is 23.5. The molecule has 0 saturated carbocycles. The number of carbonyl (C=O) groups excluding carboxylic acids is 2. The van der Waals surface area contributed by atoms with Gasteiger partial charge in [0.15, 0.2) is 0 Å². The summed E-state index contributed by atoms with van der Waals surface area (Å²) in [5, 5.41) is 5.07. The molecule has 0 spiro atoms. The third-order valence-corrected chi connectivity index (χ3v) is 5.48. The number of carbonyl (C=O) groups is 2. The van der Waals surface area contributed by atoms with Crippen molar-refractivity contribution >= 4 is 52.2 Å². The van der Waals surface area contributed by atoms with Crippen molar-refractivity contribution in [2.45, 2.75) is 6.18 Å². The molecule has 1 aliphatic heterocycles. The number of hydrogen-bond acceptors (Lipinski definition) is 5. The smallest absolute Gasteiger partial charge is 0.368 e. The molecular formula is C20H20Cl2F3N5O2. The molecule has 0 radical (unpaired) electrons. The lowest BCUT2D eigenvalue weighted by molar-refractivity contribution is -0.137. The van der Waals surface area contributed by atoms with Crippen LogP contribution in [0.4, 0.5) is 30.4 Å². The molecule has 1 saturated heterocycles. The maximum atomic E-state index is 12.8. The highest BCUT2D eigenvalue weighted by atomic mass is 35.5. The van der Waals surface area contributed by atoms with Crippen molar-refractivity contribution in [3.63, 3.8) is 0 Å². The Morgan fingerprint density at radius 1 is 1.12 bits per heavy atom. The van der Waals surface area contributed by atoms with Gasteiger partial charge in [0.1, 0.15) is 11.7 Å². The van der Waals surface area contributed by atoms with Crippen molar-refractivity contribution < 1.29 is 22.8 Å². The van der Waals surface area contributed by atoms with Gasteiger partial charge in [-0.05, 0) is 24.3 Å². The van der Waals surface area contributed by atoms with Crippen LogP contribution in [0.2, 0.25) is 5.02 Å². The number of halogens is 5. The molecule has 2 heterocycles. The zero-order valence-corrected chi connectivity index (χ0v) is 18.5. The van der Waals surface area contributed by atoms with E-state index >= 15 is 0 Å². The van der Waals surface area contributed by atoms with Crippen LogP contribution in [-0.4, -0.2) is 55.9 Å². The Kier molecular flexibility index (Phi) is 7.35. The highest BCUT2D eigenvalue weighted by Gasteiger charge is 2.32. The third kappa shape index (κ3) is 5.36. The molecule has 0 aliphatic carbocycles. The first-order chi connectivity index (χ1) is 15.1. The van der Waals surface area contributed by atoms with Crippen LogP contribution in [0.1, 0.15) is 15.9 Å². The Hall–Kier alpha value is -2.72. The van der Waals surface area contributed by atoms with E-state index in [2.05, 4.69) is 15.6 Å². The summed E-state index contributed by atoms with van der Waals surface area (Å²) in [4.78, 5) is 31.7. The number of nitrogens with one attached hydrogen (secondary N) is 2. The van der Waals surface area contributed by atoms with E-state index < -0.39 is 17.6 Å². The summed E-state index contributed by atoms with van der Waals surface area (Å²) < 4.78 is 38.5. The lowest BCUT2D eigenvalue weighted by atomic mass is 10.1. The lowest BCUT2D eigenvalue weighted by Gasteiger charge is -2.37. The number of amides is 2. The minimum absolute atomic E-state index is 0.0606. The summed E-state index contributed by atoms with van der Waals surface area (Å²) in [6.07, 6.45) is -3.73. The molecule has 12 heteroatoms. The standard InChI is InChI=1S/C20H20Cl2F3N5O2/c1-26-19(32)14-9-13(2-3-16(14)28-17(31)10-21)29-4-6-30(7-5-29)18-15(22)8-12(11-27-18)20(23,24)25/h2-3,8-9,11H,4-7,10H2,1H3,(H,26,32)(H,28,31). The second-order valence-corrected chi connectivity index (χ2v) is 7.67. The van der Waals surface area contributed by atoms with Crippen LogP contribution in [0.15, 0.2) is 30.5 Å². The minimum Gasteiger partial charge on any atom is -0.368 e. The number of piperazine rings is 1. The Bertz CT molecular complexity index is 1010. The van der Waals surface area contributed by atoms with Crippen LogP contribution in [0.25, 0.3) is 0 Å². The van der Waals surface area contributed by atoms with Gasteiger partial charge in [-0.2, -0.15) is 13.2 Å². The Morgan fingerprint density at radius 2 is 1.78 bits per heavy atom. The van der Waals surface area contributed by atoms with Crippen LogP contribution in [0, 0.1) is 0 Å². The molecule has 0 bridgehead atoms. The van der Waals surface area contributed by atoms with Gasteiger partial charge in [0.25, 0.3) is 5.91 Å². The van der Waals surface area contributed by atoms with E-state index in [1.54, 1.807) is 18.2 Å². The van der Waals surface area contributed by atoms with Crippen LogP contribution in [0.5, 0.6) is 0 Å². The van der Waals surface area contributed by atoms with Gasteiger partial charge in [0.2, 0.25) is 5.91 Å². The lowest BCUT2D eigenvalue weighted by Crippen LogP contribution is -2.47. The third-order valence-electron chi connectivity index (χ3n) is 4.96. The topological polar surface area (TPSA) is 77.6 Å². The van der Waals surface area contributed by atoms with E-state index in [0.717, 1.165) is 18.0 Å². The Balaban J connectivity index is 1.75. The van der Waals surface area contributed by atoms with Gasteiger partial charge in [-0.1, -0.05) is 11.6 Å². The van der Waals surface area contributed by atoms with Gasteiger partial charge in [-0.3, -0.25) is 9.59 Å². The highest BCUT2D eigenvalue weighted by molar-refractivity contribution is 6.33. The summed E-state index contributed by atoms with van der Waals surface area (Å²) in [6.45, 7) is 2.00. The number of anilines is 3. The van der Waals surface area contributed by atoms with Crippen LogP contribution in [-0.2, 0) is 11.0 Å². The van der Waals surface area contributed by atoms with E-state index in [9.17, 15) is 22.8 Å². The fourth-order valence-corrected chi connectivity index (χ4v) is 3.69. The number of rotatable bonds is 5. The Labute approximate surface area is 192 Å². The molecule has 2 aromatic rings. The normalized spacial score (nSPS) is 14.3. The molecular weight excluding hydrogens is 470 g/mol. The first-order valence-corrected chi connectivity index (χ1v) is 10.5. The van der Waals surface area contributed by atoms with Gasteiger partial charge >= 0.3 is 6.18 Å². The predicted octanol–water partition coefficient (Wildman–Crippen LogP) is 3.62. The van der Waals surface area contributed by atoms with Crippen LogP contribution in [0.3, 0.4) is 0 Å². The predicted molar refractivity (Wildman–Crippen MR) is 118 cm³/mol. The largest absolute Gasteiger partial charge is 0.417 e. The Morgan fingerprint density at radius 3 is 2.34 bits per heavy atom. The van der Waals surface area contributed by atoms with Crippen molar-refractivity contribution in [3.8, 4) is 0 Å². The molecule has 1 fully saturated rings. The number of alkyl halides is 4. The van der Waals surface area contributed by atoms with E-state index in [1.165, 1.54) is 7.05 Å². The SMILES string of the molecule is CNC(=O)c1cc(N2CCN(c3ncc(C(F)(F)F)cc3Cl)CC2)ccc1NC(=O)CCl. The zero-order valence-electron chi connectivity index (χ0n) is 17.0. The summed E-state index contributed by atoms with van der Waals surface area (Å²) in [5.74, 6) is -0.739. The second kappa shape index (κ2) is 9.83. The molecule has 2 amide bonds. The van der Waals surface area contributed by atoms with Gasteiger partial charge in [0, 0.05) is 45.1 Å². The summed E-state index contributed by atoms with van der Waals surface area (Å²) in [6, 6.07) is 5.95. The molecule has 32 heavy (non-hydrogen) atoms. The number of benzene rings is 1. The van der Waals surface area contributed by atoms with Crippen molar-refractivity contribution in [3.05, 3.63) is 46.6 Å². The molecule has 3 rings (SSSR count). The van der Waals surface area contributed by atoms with Gasteiger partial charge in [-0.25, -0.2) is 4.98 Å². The second-order valence-electron chi connectivity index (χ2n) is 6.99. The average Bonchev–Trinajstić information content (AvgIpc) is 2.78. The van der Waals surface area contributed by atoms with E-state index in [1.807, 2.05) is 9.80 Å². The van der Waals surface area contributed by atoms with Crippen molar-refractivity contribution in [1.82, 2.24) is 10.3 Å².